The summed E-state index contributed by atoms with van der Waals surface area (Å²) in [5.74, 6) is -1.21. The van der Waals surface area contributed by atoms with E-state index in [0.717, 1.165) is 18.2 Å². The predicted octanol–water partition coefficient (Wildman–Crippen LogP) is 1.17. The van der Waals surface area contributed by atoms with Crippen LogP contribution in [-0.4, -0.2) is 10.2 Å². The largest absolute Gasteiger partial charge is 0.326 e. The van der Waals surface area contributed by atoms with E-state index < -0.39 is 17.2 Å². The molecule has 0 radical (unpaired) electrons. The maximum atomic E-state index is 13.5. The van der Waals surface area contributed by atoms with Crippen molar-refractivity contribution in [2.75, 3.05) is 0 Å². The van der Waals surface area contributed by atoms with Gasteiger partial charge in [-0.25, -0.2) is 13.9 Å². The number of nitrogens with zero attached hydrogens (tertiary/aromatic N) is 1. The van der Waals surface area contributed by atoms with Gasteiger partial charge in [-0.1, -0.05) is 0 Å². The maximum Gasteiger partial charge on any atom is 0.264 e. The Morgan fingerprint density at radius 2 is 2.06 bits per heavy atom. The lowest BCUT2D eigenvalue weighted by Gasteiger charge is -2.06. The first kappa shape index (κ1) is 11.4. The molecular weight excluding hydrogens is 228 g/mol. The Morgan fingerprint density at radius 1 is 1.29 bits per heavy atom. The molecule has 88 valence electrons. The van der Waals surface area contributed by atoms with E-state index in [2.05, 4.69) is 10.2 Å². The second-order valence-corrected chi connectivity index (χ2v) is 3.43. The third kappa shape index (κ3) is 2.21. The van der Waals surface area contributed by atoms with Crippen molar-refractivity contribution in [2.24, 2.45) is 5.73 Å². The molecule has 0 atom stereocenters. The Kier molecular flexibility index (Phi) is 2.97. The van der Waals surface area contributed by atoms with Gasteiger partial charge < -0.3 is 5.73 Å². The van der Waals surface area contributed by atoms with Gasteiger partial charge in [0.25, 0.3) is 5.56 Å². The van der Waals surface area contributed by atoms with Crippen molar-refractivity contribution in [3.8, 4) is 11.3 Å². The molecule has 0 bridgehead atoms. The average molecular weight is 237 g/mol. The van der Waals surface area contributed by atoms with E-state index in [1.54, 1.807) is 0 Å². The number of nitrogens with one attached hydrogen (secondary N) is 1. The fourth-order valence-electron chi connectivity index (χ4n) is 1.51. The van der Waals surface area contributed by atoms with E-state index in [9.17, 15) is 13.6 Å². The summed E-state index contributed by atoms with van der Waals surface area (Å²) in [5, 5.41) is 5.87. The molecule has 1 aromatic heterocycles. The first-order valence-corrected chi connectivity index (χ1v) is 4.86. The summed E-state index contributed by atoms with van der Waals surface area (Å²) in [4.78, 5) is 11.0. The van der Waals surface area contributed by atoms with Crippen molar-refractivity contribution in [1.29, 1.82) is 0 Å². The Bertz CT molecular complexity index is 610. The fraction of sp³-hybridized carbons (Fsp3) is 0.0909. The minimum atomic E-state index is -0.624. The monoisotopic (exact) mass is 237 g/mol. The number of H-pyrrole nitrogens is 1. The molecule has 17 heavy (non-hydrogen) atoms. The number of aromatic nitrogens is 2. The number of halogens is 2. The molecule has 0 amide bonds. The third-order valence-electron chi connectivity index (χ3n) is 2.29. The Labute approximate surface area is 95.1 Å². The molecule has 0 spiro atoms. The van der Waals surface area contributed by atoms with Gasteiger partial charge in [0.2, 0.25) is 0 Å². The van der Waals surface area contributed by atoms with Crippen molar-refractivity contribution in [1.82, 2.24) is 10.2 Å². The molecule has 1 aromatic carbocycles. The number of rotatable bonds is 2. The summed E-state index contributed by atoms with van der Waals surface area (Å²) in [6.45, 7) is 0.0161. The van der Waals surface area contributed by atoms with E-state index >= 15 is 0 Å². The minimum absolute atomic E-state index is 0.0161. The van der Waals surface area contributed by atoms with Gasteiger partial charge in [0.15, 0.2) is 0 Å². The molecular formula is C11H9F2N3O. The zero-order valence-corrected chi connectivity index (χ0v) is 8.71. The molecule has 0 aliphatic carbocycles. The van der Waals surface area contributed by atoms with Crippen LogP contribution in [0.15, 0.2) is 29.1 Å². The highest BCUT2D eigenvalue weighted by Gasteiger charge is 2.12. The normalized spacial score (nSPS) is 10.5. The first-order valence-electron chi connectivity index (χ1n) is 4.86. The molecule has 3 N–H and O–H groups in total. The van der Waals surface area contributed by atoms with Crippen LogP contribution >= 0.6 is 0 Å². The Morgan fingerprint density at radius 3 is 2.76 bits per heavy atom. The summed E-state index contributed by atoms with van der Waals surface area (Å²) in [5.41, 5.74) is 5.47. The molecule has 4 nitrogen and oxygen atoms in total. The van der Waals surface area contributed by atoms with Gasteiger partial charge in [0.05, 0.1) is 5.69 Å². The fourth-order valence-corrected chi connectivity index (χ4v) is 1.51. The third-order valence-corrected chi connectivity index (χ3v) is 2.29. The predicted molar refractivity (Wildman–Crippen MR) is 58.1 cm³/mol. The van der Waals surface area contributed by atoms with E-state index in [1.807, 2.05) is 0 Å². The Balaban J connectivity index is 2.67. The number of aromatic amines is 1. The van der Waals surface area contributed by atoms with Crippen LogP contribution in [0.3, 0.4) is 0 Å². The minimum Gasteiger partial charge on any atom is -0.326 e. The topological polar surface area (TPSA) is 71.8 Å². The summed E-state index contributed by atoms with van der Waals surface area (Å²) < 4.78 is 26.6. The summed E-state index contributed by atoms with van der Waals surface area (Å²) in [6.07, 6.45) is 0. The molecule has 0 saturated carbocycles. The molecule has 0 unspecified atom stereocenters. The van der Waals surface area contributed by atoms with Crippen LogP contribution in [0.4, 0.5) is 8.78 Å². The molecule has 2 aromatic rings. The van der Waals surface area contributed by atoms with Crippen LogP contribution in [-0.2, 0) is 6.54 Å². The molecule has 2 rings (SSSR count). The molecule has 0 aliphatic heterocycles. The second-order valence-electron chi connectivity index (χ2n) is 3.43. The quantitative estimate of drug-likeness (QED) is 0.823. The van der Waals surface area contributed by atoms with Crippen molar-refractivity contribution in [3.05, 3.63) is 51.8 Å². The van der Waals surface area contributed by atoms with Gasteiger partial charge in [0, 0.05) is 18.2 Å². The highest BCUT2D eigenvalue weighted by atomic mass is 19.1. The van der Waals surface area contributed by atoms with Crippen LogP contribution in [0.25, 0.3) is 11.3 Å². The molecule has 0 saturated heterocycles. The summed E-state index contributed by atoms with van der Waals surface area (Å²) in [6, 6.07) is 4.23. The van der Waals surface area contributed by atoms with E-state index in [0.29, 0.717) is 5.56 Å². The molecule has 1 heterocycles. The first-order chi connectivity index (χ1) is 8.11. The number of benzene rings is 1. The van der Waals surface area contributed by atoms with Gasteiger partial charge in [-0.3, -0.25) is 4.79 Å². The van der Waals surface area contributed by atoms with Crippen molar-refractivity contribution in [3.63, 3.8) is 0 Å². The highest BCUT2D eigenvalue weighted by Crippen LogP contribution is 2.23. The lowest BCUT2D eigenvalue weighted by atomic mass is 10.1. The van der Waals surface area contributed by atoms with Crippen molar-refractivity contribution >= 4 is 0 Å². The zero-order chi connectivity index (χ0) is 12.4. The van der Waals surface area contributed by atoms with Crippen LogP contribution in [0.2, 0.25) is 0 Å². The van der Waals surface area contributed by atoms with Gasteiger partial charge in [-0.05, 0) is 23.8 Å². The van der Waals surface area contributed by atoms with E-state index in [-0.39, 0.29) is 17.8 Å². The standard InChI is InChI=1S/C11H9F2N3O/c12-7-1-2-9(13)8(4-7)11-6(5-14)3-10(17)15-16-11/h1-4H,5,14H2,(H,15,17). The van der Waals surface area contributed by atoms with Crippen molar-refractivity contribution in [2.45, 2.75) is 6.54 Å². The van der Waals surface area contributed by atoms with Gasteiger partial charge >= 0.3 is 0 Å². The van der Waals surface area contributed by atoms with Crippen LogP contribution < -0.4 is 11.3 Å². The maximum absolute atomic E-state index is 13.5. The smallest absolute Gasteiger partial charge is 0.264 e. The lowest BCUT2D eigenvalue weighted by Crippen LogP contribution is -2.13. The average Bonchev–Trinajstić information content (AvgIpc) is 2.32. The van der Waals surface area contributed by atoms with Crippen LogP contribution in [0, 0.1) is 11.6 Å². The summed E-state index contributed by atoms with van der Waals surface area (Å²) in [7, 11) is 0. The van der Waals surface area contributed by atoms with E-state index in [4.69, 9.17) is 5.73 Å². The van der Waals surface area contributed by atoms with Crippen LogP contribution in [0.1, 0.15) is 5.56 Å². The summed E-state index contributed by atoms with van der Waals surface area (Å²) >= 11 is 0. The number of hydrogen-bond acceptors (Lipinski definition) is 3. The van der Waals surface area contributed by atoms with Gasteiger partial charge in [-0.2, -0.15) is 5.10 Å². The molecule has 0 fully saturated rings. The second kappa shape index (κ2) is 4.42. The molecule has 0 aliphatic rings. The SMILES string of the molecule is NCc1cc(=O)[nH]nc1-c1cc(F)ccc1F. The zero-order valence-electron chi connectivity index (χ0n) is 8.71. The Hall–Kier alpha value is -2.08. The van der Waals surface area contributed by atoms with Crippen molar-refractivity contribution < 1.29 is 8.78 Å². The van der Waals surface area contributed by atoms with Gasteiger partial charge in [0.1, 0.15) is 11.6 Å². The number of hydrogen-bond donors (Lipinski definition) is 2. The van der Waals surface area contributed by atoms with Gasteiger partial charge in [-0.15, -0.1) is 0 Å². The lowest BCUT2D eigenvalue weighted by molar-refractivity contribution is 0.602. The van der Waals surface area contributed by atoms with E-state index in [1.165, 1.54) is 6.07 Å². The highest BCUT2D eigenvalue weighted by molar-refractivity contribution is 5.63. The van der Waals surface area contributed by atoms with Crippen LogP contribution in [0.5, 0.6) is 0 Å². The number of nitrogens with two attached hydrogens (primary N) is 1. The molecule has 6 heteroatoms.